The number of carbonyl (C=O) groups is 3. The van der Waals surface area contributed by atoms with E-state index in [1.807, 2.05) is 13.8 Å². The number of hydrogen-bond donors (Lipinski definition) is 2. The molecule has 0 aliphatic carbocycles. The second kappa shape index (κ2) is 12.6. The average molecular weight is 577 g/mol. The van der Waals surface area contributed by atoms with Crippen LogP contribution in [0.25, 0.3) is 10.9 Å². The Balaban J connectivity index is 2.70. The molecule has 2 amide bonds. The number of para-hydroxylation sites is 1. The molecule has 0 bridgehead atoms. The second-order valence-electron chi connectivity index (χ2n) is 12.5. The highest BCUT2D eigenvalue weighted by atomic mass is 32.2. The van der Waals surface area contributed by atoms with E-state index in [0.717, 1.165) is 4.31 Å². The molecule has 0 spiro atoms. The van der Waals surface area contributed by atoms with Gasteiger partial charge in [-0.25, -0.2) is 8.42 Å². The molecule has 40 heavy (non-hydrogen) atoms. The van der Waals surface area contributed by atoms with Crippen molar-refractivity contribution in [3.63, 3.8) is 0 Å². The summed E-state index contributed by atoms with van der Waals surface area (Å²) in [6.07, 6.45) is 1.65. The predicted molar refractivity (Wildman–Crippen MR) is 155 cm³/mol. The van der Waals surface area contributed by atoms with Crippen LogP contribution >= 0.6 is 0 Å². The van der Waals surface area contributed by atoms with E-state index < -0.39 is 56.8 Å². The zero-order valence-electron chi connectivity index (χ0n) is 25.2. The molecular weight excluding hydrogens is 532 g/mol. The highest BCUT2D eigenvalue weighted by molar-refractivity contribution is 7.89. The Hall–Kier alpha value is -3.05. The normalized spacial score (nSPS) is 15.0. The van der Waals surface area contributed by atoms with Crippen LogP contribution in [0, 0.1) is 17.3 Å². The molecule has 0 unspecified atom stereocenters. The third kappa shape index (κ3) is 8.00. The van der Waals surface area contributed by atoms with E-state index in [1.165, 1.54) is 26.4 Å². The van der Waals surface area contributed by atoms with Crippen LogP contribution in [0.15, 0.2) is 41.4 Å². The van der Waals surface area contributed by atoms with Crippen molar-refractivity contribution < 1.29 is 27.5 Å². The number of benzene rings is 1. The van der Waals surface area contributed by atoms with Crippen LogP contribution in [0.1, 0.15) is 61.8 Å². The van der Waals surface area contributed by atoms with E-state index >= 15 is 0 Å². The monoisotopic (exact) mass is 576 g/mol. The lowest BCUT2D eigenvalue weighted by Gasteiger charge is -2.36. The van der Waals surface area contributed by atoms with Crippen molar-refractivity contribution >= 4 is 38.7 Å². The number of likely N-dealkylation sites (N-methyl/N-ethyl adjacent to an activating group) is 2. The van der Waals surface area contributed by atoms with Gasteiger partial charge in [0.1, 0.15) is 22.6 Å². The smallest absolute Gasteiger partial charge is 0.325 e. The summed E-state index contributed by atoms with van der Waals surface area (Å²) in [6, 6.07) is 5.77. The van der Waals surface area contributed by atoms with Gasteiger partial charge in [0.15, 0.2) is 0 Å². The van der Waals surface area contributed by atoms with Gasteiger partial charge in [0, 0.05) is 25.7 Å². The molecule has 2 rings (SSSR count). The minimum atomic E-state index is -4.35. The topological polar surface area (TPSA) is 135 Å². The third-order valence-corrected chi connectivity index (χ3v) is 8.27. The fraction of sp³-hybridized carbons (Fsp3) is 0.586. The number of hydrogen-bond acceptors (Lipinski definition) is 7. The lowest BCUT2D eigenvalue weighted by Crippen LogP contribution is -2.58. The van der Waals surface area contributed by atoms with E-state index in [0.29, 0.717) is 5.39 Å². The van der Waals surface area contributed by atoms with E-state index in [1.54, 1.807) is 65.8 Å². The molecule has 3 atom stereocenters. The summed E-state index contributed by atoms with van der Waals surface area (Å²) < 4.78 is 34.8. The van der Waals surface area contributed by atoms with E-state index in [9.17, 15) is 22.8 Å². The van der Waals surface area contributed by atoms with Gasteiger partial charge < -0.3 is 15.4 Å². The van der Waals surface area contributed by atoms with E-state index in [-0.39, 0.29) is 22.8 Å². The second-order valence-corrected chi connectivity index (χ2v) is 14.5. The summed E-state index contributed by atoms with van der Waals surface area (Å²) in [5.41, 5.74) is -1.36. The number of amides is 2. The molecular formula is C29H44N4O6S. The molecule has 2 aromatic rings. The molecule has 0 fully saturated rings. The first kappa shape index (κ1) is 33.2. The van der Waals surface area contributed by atoms with Crippen LogP contribution in [0.2, 0.25) is 0 Å². The summed E-state index contributed by atoms with van der Waals surface area (Å²) in [5.74, 6) is -3.14. The van der Waals surface area contributed by atoms with Gasteiger partial charge in [0.05, 0.1) is 11.4 Å². The van der Waals surface area contributed by atoms with Gasteiger partial charge in [-0.15, -0.1) is 0 Å². The van der Waals surface area contributed by atoms with Crippen molar-refractivity contribution in [2.45, 2.75) is 84.4 Å². The number of fused-ring (bicyclic) bond motifs is 1. The third-order valence-electron chi connectivity index (χ3n) is 6.40. The average Bonchev–Trinajstić information content (AvgIpc) is 2.83. The maximum atomic E-state index is 14.1. The molecule has 0 saturated carbocycles. The molecule has 1 aromatic heterocycles. The van der Waals surface area contributed by atoms with Crippen LogP contribution < -0.4 is 10.6 Å². The first-order chi connectivity index (χ1) is 18.3. The zero-order valence-corrected chi connectivity index (χ0v) is 26.0. The Bertz CT molecular complexity index is 1320. The van der Waals surface area contributed by atoms with E-state index in [4.69, 9.17) is 4.74 Å². The fourth-order valence-electron chi connectivity index (χ4n) is 4.47. The standard InChI is InChI=1S/C29H44N4O6S/c1-18(2)17-20(25(34)32-24(26(35)30-9)28(3,4)5)23(27(36)39-29(6,7)8)33(10)40(37,38)21-15-11-13-19-14-12-16-31-22(19)21/h11-16,18,20,23-24H,17H2,1-10H3,(H,30,35)(H,32,34)/t20-,23+,24-/m1/s1. The van der Waals surface area contributed by atoms with Crippen molar-refractivity contribution in [2.24, 2.45) is 17.3 Å². The minimum absolute atomic E-state index is 0.0934. The SMILES string of the molecule is CNC(=O)[C@@H](NC(=O)[C@H](CC(C)C)[C@@H](C(=O)OC(C)(C)C)N(C)S(=O)(=O)c1cccc2cccnc12)C(C)(C)C. The van der Waals surface area contributed by atoms with Crippen LogP contribution in [0.5, 0.6) is 0 Å². The molecule has 0 saturated heterocycles. The molecule has 10 nitrogen and oxygen atoms in total. The highest BCUT2D eigenvalue weighted by Gasteiger charge is 2.46. The van der Waals surface area contributed by atoms with Crippen LogP contribution in [0.4, 0.5) is 0 Å². The van der Waals surface area contributed by atoms with Crippen molar-refractivity contribution in [3.8, 4) is 0 Å². The fourth-order valence-corrected chi connectivity index (χ4v) is 5.98. The van der Waals surface area contributed by atoms with Crippen LogP contribution in [-0.2, 0) is 29.1 Å². The molecule has 11 heteroatoms. The van der Waals surface area contributed by atoms with Gasteiger partial charge in [-0.05, 0) is 50.7 Å². The van der Waals surface area contributed by atoms with Crippen molar-refractivity contribution in [3.05, 3.63) is 36.5 Å². The Morgan fingerprint density at radius 1 is 1.00 bits per heavy atom. The summed E-state index contributed by atoms with van der Waals surface area (Å²) in [4.78, 5) is 44.5. The number of esters is 1. The van der Waals surface area contributed by atoms with Gasteiger partial charge in [-0.3, -0.25) is 19.4 Å². The predicted octanol–water partition coefficient (Wildman–Crippen LogP) is 3.50. The largest absolute Gasteiger partial charge is 0.459 e. The number of carbonyl (C=O) groups excluding carboxylic acids is 3. The Morgan fingerprint density at radius 3 is 2.12 bits per heavy atom. The highest BCUT2D eigenvalue weighted by Crippen LogP contribution is 2.31. The summed E-state index contributed by atoms with van der Waals surface area (Å²) in [7, 11) is -1.60. The number of pyridine rings is 1. The van der Waals surface area contributed by atoms with Crippen molar-refractivity contribution in [2.75, 3.05) is 14.1 Å². The van der Waals surface area contributed by atoms with Gasteiger partial charge in [-0.2, -0.15) is 4.31 Å². The molecule has 1 aromatic carbocycles. The molecule has 222 valence electrons. The maximum Gasteiger partial charge on any atom is 0.325 e. The zero-order chi connectivity index (χ0) is 30.6. The number of rotatable bonds is 10. The maximum absolute atomic E-state index is 14.1. The molecule has 0 radical (unpaired) electrons. The van der Waals surface area contributed by atoms with Gasteiger partial charge in [0.2, 0.25) is 21.8 Å². The Kier molecular flexibility index (Phi) is 10.5. The van der Waals surface area contributed by atoms with Gasteiger partial charge >= 0.3 is 5.97 Å². The Labute approximate surface area is 238 Å². The molecule has 2 N–H and O–H groups in total. The van der Waals surface area contributed by atoms with Crippen LogP contribution in [-0.4, -0.2) is 67.3 Å². The number of sulfonamides is 1. The lowest BCUT2D eigenvalue weighted by molar-refractivity contribution is -0.163. The minimum Gasteiger partial charge on any atom is -0.459 e. The molecule has 0 aliphatic rings. The van der Waals surface area contributed by atoms with Gasteiger partial charge in [-0.1, -0.05) is 52.8 Å². The molecule has 0 aliphatic heterocycles. The summed E-state index contributed by atoms with van der Waals surface area (Å²) in [6.45, 7) is 14.2. The first-order valence-electron chi connectivity index (χ1n) is 13.4. The van der Waals surface area contributed by atoms with Crippen molar-refractivity contribution in [1.29, 1.82) is 0 Å². The summed E-state index contributed by atoms with van der Waals surface area (Å²) >= 11 is 0. The number of aromatic nitrogens is 1. The summed E-state index contributed by atoms with van der Waals surface area (Å²) in [5, 5.41) is 5.97. The van der Waals surface area contributed by atoms with Gasteiger partial charge in [0.25, 0.3) is 0 Å². The van der Waals surface area contributed by atoms with Crippen molar-refractivity contribution in [1.82, 2.24) is 19.9 Å². The quantitative estimate of drug-likeness (QED) is 0.413. The molecule has 1 heterocycles. The first-order valence-corrected chi connectivity index (χ1v) is 14.8. The van der Waals surface area contributed by atoms with E-state index in [2.05, 4.69) is 15.6 Å². The number of ether oxygens (including phenoxy) is 1. The Morgan fingerprint density at radius 2 is 1.60 bits per heavy atom. The van der Waals surface area contributed by atoms with Crippen LogP contribution in [0.3, 0.4) is 0 Å². The number of nitrogens with one attached hydrogen (secondary N) is 2. The number of nitrogens with zero attached hydrogens (tertiary/aromatic N) is 2. The lowest BCUT2D eigenvalue weighted by atomic mass is 9.84.